The topological polar surface area (TPSA) is 0 Å². The van der Waals surface area contributed by atoms with E-state index in [2.05, 4.69) is 164 Å². The molecule has 202 valence electrons. The monoisotopic (exact) mass is 546 g/mol. The third-order valence-corrected chi connectivity index (χ3v) is 9.92. The summed E-state index contributed by atoms with van der Waals surface area (Å²) in [5.74, 6) is 0.259. The Balaban J connectivity index is 1.51. The number of benzene rings is 7. The molecule has 1 unspecified atom stereocenters. The number of rotatable bonds is 3. The molecule has 7 aromatic rings. The summed E-state index contributed by atoms with van der Waals surface area (Å²) < 4.78 is 0. The minimum Gasteiger partial charge on any atom is -0.0622 e. The van der Waals surface area contributed by atoms with Crippen LogP contribution in [0.3, 0.4) is 0 Å². The van der Waals surface area contributed by atoms with Crippen LogP contribution in [0.15, 0.2) is 164 Å². The van der Waals surface area contributed by atoms with Crippen molar-refractivity contribution < 1.29 is 0 Å². The molecular weight excluding hydrogens is 516 g/mol. The van der Waals surface area contributed by atoms with Gasteiger partial charge < -0.3 is 0 Å². The maximum Gasteiger partial charge on any atom is 0.0719 e. The predicted molar refractivity (Wildman–Crippen MR) is 179 cm³/mol. The zero-order valence-electron chi connectivity index (χ0n) is 23.9. The van der Waals surface area contributed by atoms with E-state index in [0.717, 1.165) is 6.42 Å². The summed E-state index contributed by atoms with van der Waals surface area (Å²) in [6.07, 6.45) is 0.993. The van der Waals surface area contributed by atoms with E-state index < -0.39 is 5.41 Å². The van der Waals surface area contributed by atoms with Gasteiger partial charge in [-0.05, 0) is 78.4 Å². The summed E-state index contributed by atoms with van der Waals surface area (Å²) in [6.45, 7) is 0. The summed E-state index contributed by atoms with van der Waals surface area (Å²) >= 11 is 0. The van der Waals surface area contributed by atoms with E-state index in [0.29, 0.717) is 0 Å². The van der Waals surface area contributed by atoms with Gasteiger partial charge in [0.1, 0.15) is 0 Å². The molecule has 0 bridgehead atoms. The average molecular weight is 547 g/mol. The van der Waals surface area contributed by atoms with Crippen molar-refractivity contribution in [2.75, 3.05) is 0 Å². The van der Waals surface area contributed by atoms with Crippen LogP contribution in [0.4, 0.5) is 0 Å². The molecular formula is C43H30. The van der Waals surface area contributed by atoms with E-state index in [1.54, 1.807) is 0 Å². The lowest BCUT2D eigenvalue weighted by molar-refractivity contribution is 0.766. The van der Waals surface area contributed by atoms with Gasteiger partial charge >= 0.3 is 0 Å². The van der Waals surface area contributed by atoms with Crippen LogP contribution >= 0.6 is 0 Å². The first kappa shape index (κ1) is 24.4. The quantitative estimate of drug-likeness (QED) is 0.207. The Morgan fingerprint density at radius 2 is 1.00 bits per heavy atom. The molecule has 0 radical (unpaired) electrons. The molecule has 7 aromatic carbocycles. The molecule has 0 heterocycles. The molecule has 0 amide bonds. The summed E-state index contributed by atoms with van der Waals surface area (Å²) in [4.78, 5) is 0. The maximum absolute atomic E-state index is 2.38. The highest BCUT2D eigenvalue weighted by Gasteiger charge is 2.48. The van der Waals surface area contributed by atoms with Gasteiger partial charge in [0.2, 0.25) is 0 Å². The highest BCUT2D eigenvalue weighted by Crippen LogP contribution is 2.60. The fourth-order valence-corrected chi connectivity index (χ4v) is 8.23. The Bertz CT molecular complexity index is 2100. The molecule has 0 aliphatic heterocycles. The van der Waals surface area contributed by atoms with Gasteiger partial charge in [-0.2, -0.15) is 0 Å². The Kier molecular flexibility index (Phi) is 5.34. The van der Waals surface area contributed by atoms with E-state index in [4.69, 9.17) is 0 Å². The minimum absolute atomic E-state index is 0.259. The van der Waals surface area contributed by atoms with Crippen LogP contribution in [0.25, 0.3) is 33.0 Å². The van der Waals surface area contributed by atoms with Gasteiger partial charge in [0, 0.05) is 5.92 Å². The van der Waals surface area contributed by atoms with Gasteiger partial charge in [-0.1, -0.05) is 164 Å². The summed E-state index contributed by atoms with van der Waals surface area (Å²) in [5.41, 5.74) is 14.6. The van der Waals surface area contributed by atoms with Crippen LogP contribution in [-0.4, -0.2) is 0 Å². The second-order valence-electron chi connectivity index (χ2n) is 12.0. The largest absolute Gasteiger partial charge is 0.0719 e. The molecule has 0 fully saturated rings. The van der Waals surface area contributed by atoms with E-state index in [1.807, 2.05) is 0 Å². The zero-order valence-corrected chi connectivity index (χ0v) is 23.9. The smallest absolute Gasteiger partial charge is 0.0622 e. The molecule has 2 aliphatic carbocycles. The Labute approximate surface area is 252 Å². The van der Waals surface area contributed by atoms with Gasteiger partial charge in [0.05, 0.1) is 5.41 Å². The van der Waals surface area contributed by atoms with Crippen LogP contribution in [-0.2, 0) is 11.8 Å². The third kappa shape index (κ3) is 3.38. The van der Waals surface area contributed by atoms with Crippen molar-refractivity contribution in [1.29, 1.82) is 0 Å². The van der Waals surface area contributed by atoms with Crippen LogP contribution in [0.5, 0.6) is 0 Å². The third-order valence-electron chi connectivity index (χ3n) is 9.92. The Morgan fingerprint density at radius 1 is 0.442 bits per heavy atom. The van der Waals surface area contributed by atoms with Gasteiger partial charge in [0.15, 0.2) is 0 Å². The first-order valence-electron chi connectivity index (χ1n) is 15.3. The molecule has 1 atom stereocenters. The molecule has 0 heteroatoms. The first-order valence-corrected chi connectivity index (χ1v) is 15.3. The number of hydrogen-bond donors (Lipinski definition) is 0. The van der Waals surface area contributed by atoms with Crippen molar-refractivity contribution >= 4 is 10.8 Å². The van der Waals surface area contributed by atoms with E-state index in [1.165, 1.54) is 72.0 Å². The van der Waals surface area contributed by atoms with Crippen molar-refractivity contribution in [2.45, 2.75) is 17.8 Å². The molecule has 0 nitrogen and oxygen atoms in total. The van der Waals surface area contributed by atoms with E-state index in [-0.39, 0.29) is 5.92 Å². The highest BCUT2D eigenvalue weighted by molar-refractivity contribution is 6.05. The van der Waals surface area contributed by atoms with Crippen molar-refractivity contribution in [3.05, 3.63) is 203 Å². The summed E-state index contributed by atoms with van der Waals surface area (Å²) in [7, 11) is 0. The molecule has 0 aromatic heterocycles. The van der Waals surface area contributed by atoms with E-state index >= 15 is 0 Å². The Hall–Kier alpha value is -5.20. The van der Waals surface area contributed by atoms with E-state index in [9.17, 15) is 0 Å². The van der Waals surface area contributed by atoms with Gasteiger partial charge in [-0.15, -0.1) is 0 Å². The first-order chi connectivity index (χ1) is 21.4. The maximum atomic E-state index is 2.38. The fraction of sp³-hybridized carbons (Fsp3) is 0.0698. The van der Waals surface area contributed by atoms with Crippen LogP contribution in [0.1, 0.15) is 44.9 Å². The predicted octanol–water partition coefficient (Wildman–Crippen LogP) is 10.6. The lowest BCUT2D eigenvalue weighted by Gasteiger charge is -2.37. The van der Waals surface area contributed by atoms with Crippen LogP contribution in [0.2, 0.25) is 0 Å². The number of hydrogen-bond acceptors (Lipinski definition) is 0. The standard InChI is InChI=1S/C43H30/c1-4-14-29(15-5-1)38-28-31-16-10-11-21-34(31)36-26-24-30-25-27-37-35-22-12-13-23-39(35)43(32-17-6-2-7-18-32,33-19-8-3-9-20-33)42(37)40(30)41(36)38/h1-27,38H,28H2. The van der Waals surface area contributed by atoms with Crippen LogP contribution in [0, 0.1) is 0 Å². The SMILES string of the molecule is c1ccc(C2Cc3ccccc3-c3ccc4ccc5c(c4c32)C(c2ccccc2)(c2ccccc2)c2ccccc2-5)cc1. The second-order valence-corrected chi connectivity index (χ2v) is 12.0. The number of fused-ring (bicyclic) bond motifs is 9. The van der Waals surface area contributed by atoms with Crippen molar-refractivity contribution in [1.82, 2.24) is 0 Å². The molecule has 0 saturated carbocycles. The highest BCUT2D eigenvalue weighted by atomic mass is 14.5. The van der Waals surface area contributed by atoms with Crippen molar-refractivity contribution in [3.63, 3.8) is 0 Å². The molecule has 0 saturated heterocycles. The molecule has 43 heavy (non-hydrogen) atoms. The second kappa shape index (κ2) is 9.41. The zero-order chi connectivity index (χ0) is 28.4. The summed E-state index contributed by atoms with van der Waals surface area (Å²) in [6, 6.07) is 61.2. The van der Waals surface area contributed by atoms with Gasteiger partial charge in [-0.25, -0.2) is 0 Å². The van der Waals surface area contributed by atoms with Gasteiger partial charge in [0.25, 0.3) is 0 Å². The van der Waals surface area contributed by atoms with Crippen LogP contribution < -0.4 is 0 Å². The molecule has 2 aliphatic rings. The molecule has 0 spiro atoms. The normalized spacial score (nSPS) is 15.8. The summed E-state index contributed by atoms with van der Waals surface area (Å²) in [5, 5.41) is 2.71. The molecule has 0 N–H and O–H groups in total. The lowest BCUT2D eigenvalue weighted by atomic mass is 9.65. The fourth-order valence-electron chi connectivity index (χ4n) is 8.23. The average Bonchev–Trinajstić information content (AvgIpc) is 3.40. The van der Waals surface area contributed by atoms with Crippen molar-refractivity contribution in [2.24, 2.45) is 0 Å². The van der Waals surface area contributed by atoms with Gasteiger partial charge in [-0.3, -0.25) is 0 Å². The lowest BCUT2D eigenvalue weighted by Crippen LogP contribution is -2.29. The van der Waals surface area contributed by atoms with Crippen molar-refractivity contribution in [3.8, 4) is 22.3 Å². The Morgan fingerprint density at radius 3 is 1.70 bits per heavy atom. The minimum atomic E-state index is -0.443. The molecule has 9 rings (SSSR count).